The van der Waals surface area contributed by atoms with E-state index in [0.717, 1.165) is 4.90 Å². The number of carboxylic acids is 1. The molecule has 10 nitrogen and oxygen atoms in total. The molecule has 0 aliphatic carbocycles. The Balaban J connectivity index is 1.55. The van der Waals surface area contributed by atoms with Crippen molar-refractivity contribution >= 4 is 17.8 Å². The molecule has 0 bridgehead atoms. The van der Waals surface area contributed by atoms with Crippen LogP contribution in [0.25, 0.3) is 0 Å². The average Bonchev–Trinajstić information content (AvgIpc) is 2.87. The molecule has 2 amide bonds. The third-order valence-corrected chi connectivity index (χ3v) is 4.26. The fourth-order valence-corrected chi connectivity index (χ4v) is 2.82. The summed E-state index contributed by atoms with van der Waals surface area (Å²) in [6, 6.07) is 6.39. The van der Waals surface area contributed by atoms with Crippen molar-refractivity contribution in [1.82, 2.24) is 9.91 Å². The van der Waals surface area contributed by atoms with Crippen LogP contribution < -0.4 is 0 Å². The Morgan fingerprint density at radius 3 is 2.32 bits per heavy atom. The van der Waals surface area contributed by atoms with Gasteiger partial charge in [0.15, 0.2) is 0 Å². The van der Waals surface area contributed by atoms with Crippen LogP contribution >= 0.6 is 0 Å². The lowest BCUT2D eigenvalue weighted by Gasteiger charge is -2.25. The monoisotopic (exact) mass is 348 g/mol. The number of imide groups is 1. The van der Waals surface area contributed by atoms with E-state index >= 15 is 0 Å². The molecule has 0 spiro atoms. The molecule has 1 saturated heterocycles. The van der Waals surface area contributed by atoms with Crippen molar-refractivity contribution in [3.05, 3.63) is 40.6 Å². The lowest BCUT2D eigenvalue weighted by molar-refractivity contribution is -0.713. The predicted octanol–water partition coefficient (Wildman–Crippen LogP) is 0.846. The molecule has 3 rings (SSSR count). The minimum Gasteiger partial charge on any atom is -0.569 e. The van der Waals surface area contributed by atoms with E-state index in [2.05, 4.69) is 5.28 Å². The van der Waals surface area contributed by atoms with Crippen LogP contribution in [0.1, 0.15) is 33.6 Å². The second-order valence-corrected chi connectivity index (χ2v) is 5.74. The second kappa shape index (κ2) is 6.75. The molecule has 1 N–H and O–H groups in total. The number of aliphatic carboxylic acids is 1. The van der Waals surface area contributed by atoms with Gasteiger partial charge in [0.25, 0.3) is 11.8 Å². The fourth-order valence-electron chi connectivity index (χ4n) is 2.82. The molecule has 0 atom stereocenters. The minimum absolute atomic E-state index is 0.218. The number of carboxylic acid groups (broad SMARTS) is 1. The van der Waals surface area contributed by atoms with Crippen molar-refractivity contribution in [2.75, 3.05) is 19.8 Å². The standard InChI is InChI=1S/C15H16N4O6/c20-13-11-3-1-2-4-12(11)14(21)18(13)9-25-16-19(24)17-7-5-10(6-8-17)15(22)23/h1-4,10H,5-9H2,(H,22,23). The van der Waals surface area contributed by atoms with Crippen molar-refractivity contribution in [3.63, 3.8) is 0 Å². The zero-order chi connectivity index (χ0) is 18.0. The number of hydrogen-bond donors (Lipinski definition) is 1. The first-order valence-corrected chi connectivity index (χ1v) is 7.72. The van der Waals surface area contributed by atoms with Gasteiger partial charge in [-0.25, -0.2) is 4.90 Å². The molecule has 0 saturated carbocycles. The van der Waals surface area contributed by atoms with Gasteiger partial charge in [0.1, 0.15) is 0 Å². The number of hydrogen-bond acceptors (Lipinski definition) is 6. The molecule has 0 aromatic heterocycles. The van der Waals surface area contributed by atoms with Crippen LogP contribution in [-0.2, 0) is 9.63 Å². The highest BCUT2D eigenvalue weighted by molar-refractivity contribution is 6.21. The first-order chi connectivity index (χ1) is 12.0. The topological polar surface area (TPSA) is 126 Å². The van der Waals surface area contributed by atoms with Crippen molar-refractivity contribution in [3.8, 4) is 0 Å². The summed E-state index contributed by atoms with van der Waals surface area (Å²) in [7, 11) is 0. The number of rotatable bonds is 5. The van der Waals surface area contributed by atoms with Gasteiger partial charge in [-0.05, 0) is 25.0 Å². The van der Waals surface area contributed by atoms with Gasteiger partial charge in [0.2, 0.25) is 12.0 Å². The molecule has 10 heteroatoms. The number of nitrogens with zero attached hydrogens (tertiary/aromatic N) is 4. The molecule has 2 aliphatic heterocycles. The van der Waals surface area contributed by atoms with E-state index in [-0.39, 0.29) is 29.2 Å². The van der Waals surface area contributed by atoms with Crippen LogP contribution in [0, 0.1) is 11.1 Å². The van der Waals surface area contributed by atoms with Gasteiger partial charge in [-0.1, -0.05) is 12.1 Å². The molecule has 1 aromatic rings. The Labute approximate surface area is 142 Å². The van der Waals surface area contributed by atoms with Crippen LogP contribution in [0.5, 0.6) is 0 Å². The SMILES string of the molecule is O=C(O)C1CCN([N+]([O-])=NOCN2C(=O)c3ccccc3C2=O)CC1. The summed E-state index contributed by atoms with van der Waals surface area (Å²) in [6.45, 7) is -0.00261. The summed E-state index contributed by atoms with van der Waals surface area (Å²) in [5, 5.41) is 25.4. The Morgan fingerprint density at radius 2 is 1.80 bits per heavy atom. The van der Waals surface area contributed by atoms with Gasteiger partial charge >= 0.3 is 5.97 Å². The molecular formula is C15H16N4O6. The zero-order valence-electron chi connectivity index (χ0n) is 13.2. The van der Waals surface area contributed by atoms with E-state index in [1.54, 1.807) is 24.3 Å². The highest BCUT2D eigenvalue weighted by Gasteiger charge is 2.36. The van der Waals surface area contributed by atoms with E-state index in [1.807, 2.05) is 0 Å². The summed E-state index contributed by atoms with van der Waals surface area (Å²) < 4.78 is 0. The molecule has 25 heavy (non-hydrogen) atoms. The van der Waals surface area contributed by atoms with Crippen LogP contribution in [0.15, 0.2) is 29.5 Å². The average molecular weight is 348 g/mol. The van der Waals surface area contributed by atoms with E-state index in [4.69, 9.17) is 9.94 Å². The highest BCUT2D eigenvalue weighted by Crippen LogP contribution is 2.22. The normalized spacial score (nSPS) is 18.5. The first-order valence-electron chi connectivity index (χ1n) is 7.72. The number of fused-ring (bicyclic) bond motifs is 1. The number of carbonyl (C=O) groups is 3. The molecule has 0 unspecified atom stereocenters. The molecule has 132 valence electrons. The Morgan fingerprint density at radius 1 is 1.24 bits per heavy atom. The van der Waals surface area contributed by atoms with Crippen LogP contribution in [-0.4, -0.2) is 57.6 Å². The van der Waals surface area contributed by atoms with E-state index in [9.17, 15) is 19.6 Å². The number of amides is 2. The van der Waals surface area contributed by atoms with Gasteiger partial charge in [-0.3, -0.25) is 14.4 Å². The molecular weight excluding hydrogens is 332 g/mol. The maximum absolute atomic E-state index is 12.1. The van der Waals surface area contributed by atoms with E-state index in [0.29, 0.717) is 12.8 Å². The Bertz CT molecular complexity index is 706. The lowest BCUT2D eigenvalue weighted by atomic mass is 9.98. The molecule has 0 radical (unpaired) electrons. The van der Waals surface area contributed by atoms with Gasteiger partial charge < -0.3 is 15.2 Å². The third kappa shape index (κ3) is 3.23. The minimum atomic E-state index is -0.879. The quantitative estimate of drug-likeness (QED) is 0.362. The van der Waals surface area contributed by atoms with Gasteiger partial charge in [-0.2, -0.15) is 0 Å². The molecule has 1 aromatic carbocycles. The summed E-state index contributed by atoms with van der Waals surface area (Å²) in [6.07, 6.45) is 0.671. The fraction of sp³-hybridized carbons (Fsp3) is 0.400. The summed E-state index contributed by atoms with van der Waals surface area (Å²) in [4.78, 5) is 41.0. The van der Waals surface area contributed by atoms with Crippen LogP contribution in [0.3, 0.4) is 0 Å². The third-order valence-electron chi connectivity index (χ3n) is 4.26. The van der Waals surface area contributed by atoms with Gasteiger partial charge in [-0.15, -0.1) is 5.01 Å². The van der Waals surface area contributed by atoms with Crippen molar-refractivity contribution in [2.24, 2.45) is 11.2 Å². The molecule has 1 fully saturated rings. The van der Waals surface area contributed by atoms with Crippen molar-refractivity contribution in [1.29, 1.82) is 0 Å². The maximum atomic E-state index is 12.1. The maximum Gasteiger partial charge on any atom is 0.306 e. The lowest BCUT2D eigenvalue weighted by Crippen LogP contribution is -2.40. The highest BCUT2D eigenvalue weighted by atomic mass is 16.7. The summed E-state index contributed by atoms with van der Waals surface area (Å²) in [5.74, 6) is -2.36. The Hall–Kier alpha value is -3.17. The van der Waals surface area contributed by atoms with Gasteiger partial charge in [0, 0.05) is 0 Å². The zero-order valence-corrected chi connectivity index (χ0v) is 13.2. The Kier molecular flexibility index (Phi) is 4.50. The van der Waals surface area contributed by atoms with Crippen molar-refractivity contribution in [2.45, 2.75) is 12.8 Å². The second-order valence-electron chi connectivity index (χ2n) is 5.74. The largest absolute Gasteiger partial charge is 0.569 e. The predicted molar refractivity (Wildman–Crippen MR) is 80.9 cm³/mol. The smallest absolute Gasteiger partial charge is 0.306 e. The molecule has 2 aliphatic rings. The van der Waals surface area contributed by atoms with E-state index < -0.39 is 30.4 Å². The van der Waals surface area contributed by atoms with Crippen LogP contribution in [0.4, 0.5) is 0 Å². The van der Waals surface area contributed by atoms with E-state index in [1.165, 1.54) is 5.01 Å². The number of piperidine rings is 1. The summed E-state index contributed by atoms with van der Waals surface area (Å²) in [5.41, 5.74) is 0.566. The van der Waals surface area contributed by atoms with Crippen molar-refractivity contribution < 1.29 is 29.3 Å². The first kappa shape index (κ1) is 16.7. The number of carbonyl (C=O) groups excluding carboxylic acids is 2. The number of benzene rings is 1. The summed E-state index contributed by atoms with van der Waals surface area (Å²) >= 11 is 0. The van der Waals surface area contributed by atoms with Crippen LogP contribution in [0.2, 0.25) is 0 Å². The number of hydrazine groups is 1. The molecule has 2 heterocycles. The van der Waals surface area contributed by atoms with Gasteiger partial charge in [0.05, 0.1) is 35.1 Å².